The van der Waals surface area contributed by atoms with Gasteiger partial charge < -0.3 is 5.32 Å². The Morgan fingerprint density at radius 2 is 1.65 bits per heavy atom. The molecule has 0 aromatic carbocycles. The molecule has 0 spiro atoms. The normalized spacial score (nSPS) is 49.0. The Balaban J connectivity index is 1.29. The third kappa shape index (κ3) is 2.15. The number of nitrogens with one attached hydrogen (secondary N) is 1. The molecule has 1 amide bonds. The van der Waals surface area contributed by atoms with E-state index in [1.165, 1.54) is 44.9 Å². The monoisotopic (exact) mass is 339 g/mol. The van der Waals surface area contributed by atoms with E-state index in [1.54, 1.807) is 0 Å². The summed E-state index contributed by atoms with van der Waals surface area (Å²) in [7, 11) is 0. The van der Waals surface area contributed by atoms with E-state index in [0.29, 0.717) is 17.7 Å². The van der Waals surface area contributed by atoms with Crippen LogP contribution < -0.4 is 5.32 Å². The van der Waals surface area contributed by atoms with E-state index in [1.807, 2.05) is 0 Å². The number of alkyl halides is 1. The molecule has 0 heterocycles. The minimum Gasteiger partial charge on any atom is -0.356 e. The first-order valence-corrected chi connectivity index (χ1v) is 9.75. The van der Waals surface area contributed by atoms with Crippen LogP contribution in [0.15, 0.2) is 0 Å². The zero-order valence-corrected chi connectivity index (χ0v) is 13.8. The van der Waals surface area contributed by atoms with Crippen LogP contribution in [0.25, 0.3) is 0 Å². The van der Waals surface area contributed by atoms with Gasteiger partial charge in [-0.3, -0.25) is 4.79 Å². The van der Waals surface area contributed by atoms with Crippen molar-refractivity contribution in [3.8, 4) is 0 Å². The lowest BCUT2D eigenvalue weighted by Gasteiger charge is -2.30. The minimum atomic E-state index is 0.399. The SMILES string of the molecule is O=C(NCC1CCCCC1CBr)C1C2C3CCC(C3)C12. The third-order valence-corrected chi connectivity index (χ3v) is 7.67. The number of carbonyl (C=O) groups is 1. The Kier molecular flexibility index (Phi) is 3.60. The van der Waals surface area contributed by atoms with Gasteiger partial charge in [0, 0.05) is 17.8 Å². The highest BCUT2D eigenvalue weighted by Crippen LogP contribution is 2.69. The van der Waals surface area contributed by atoms with Gasteiger partial charge in [0.05, 0.1) is 0 Å². The first-order chi connectivity index (χ1) is 9.79. The highest BCUT2D eigenvalue weighted by Gasteiger charge is 2.67. The zero-order chi connectivity index (χ0) is 13.7. The van der Waals surface area contributed by atoms with Crippen LogP contribution in [0, 0.1) is 41.4 Å². The molecule has 2 nitrogen and oxygen atoms in total. The fraction of sp³-hybridized carbons (Fsp3) is 0.941. The fourth-order valence-electron chi connectivity index (χ4n) is 5.78. The molecule has 0 saturated heterocycles. The van der Waals surface area contributed by atoms with Crippen molar-refractivity contribution in [3.05, 3.63) is 0 Å². The van der Waals surface area contributed by atoms with E-state index < -0.39 is 0 Å². The van der Waals surface area contributed by atoms with Crippen LogP contribution in [0.1, 0.15) is 44.9 Å². The smallest absolute Gasteiger partial charge is 0.223 e. The van der Waals surface area contributed by atoms with Gasteiger partial charge in [0.2, 0.25) is 5.91 Å². The molecule has 4 aliphatic carbocycles. The molecule has 0 radical (unpaired) electrons. The summed E-state index contributed by atoms with van der Waals surface area (Å²) in [4.78, 5) is 12.5. The molecule has 0 aromatic rings. The highest BCUT2D eigenvalue weighted by atomic mass is 79.9. The van der Waals surface area contributed by atoms with Crippen molar-refractivity contribution < 1.29 is 4.79 Å². The zero-order valence-electron chi connectivity index (χ0n) is 12.2. The van der Waals surface area contributed by atoms with E-state index in [0.717, 1.165) is 41.5 Å². The predicted octanol–water partition coefficient (Wildman–Crippen LogP) is 3.60. The largest absolute Gasteiger partial charge is 0.356 e. The van der Waals surface area contributed by atoms with Crippen LogP contribution in [0.5, 0.6) is 0 Å². The number of rotatable bonds is 4. The maximum absolute atomic E-state index is 12.5. The molecule has 1 N–H and O–H groups in total. The number of halogens is 1. The standard InChI is InChI=1S/C17H26BrNO/c18-8-12-3-1-2-4-13(12)9-19-17(20)16-14-10-5-6-11(7-10)15(14)16/h10-16H,1-9H2,(H,19,20). The first-order valence-electron chi connectivity index (χ1n) is 8.63. The molecule has 4 rings (SSSR count). The highest BCUT2D eigenvalue weighted by molar-refractivity contribution is 9.09. The van der Waals surface area contributed by atoms with E-state index in [4.69, 9.17) is 0 Å². The maximum Gasteiger partial charge on any atom is 0.223 e. The number of carbonyl (C=O) groups excluding carboxylic acids is 1. The topological polar surface area (TPSA) is 29.1 Å². The quantitative estimate of drug-likeness (QED) is 0.779. The van der Waals surface area contributed by atoms with Gasteiger partial charge in [-0.1, -0.05) is 28.8 Å². The Morgan fingerprint density at radius 3 is 2.30 bits per heavy atom. The number of hydrogen-bond donors (Lipinski definition) is 1. The molecule has 112 valence electrons. The van der Waals surface area contributed by atoms with Crippen LogP contribution in [0.4, 0.5) is 0 Å². The van der Waals surface area contributed by atoms with Gasteiger partial charge in [-0.25, -0.2) is 0 Å². The summed E-state index contributed by atoms with van der Waals surface area (Å²) >= 11 is 3.65. The minimum absolute atomic E-state index is 0.399. The van der Waals surface area contributed by atoms with Crippen molar-refractivity contribution in [3.63, 3.8) is 0 Å². The molecule has 4 aliphatic rings. The van der Waals surface area contributed by atoms with Crippen LogP contribution in [-0.2, 0) is 4.79 Å². The summed E-state index contributed by atoms with van der Waals surface area (Å²) in [5.41, 5.74) is 0. The lowest BCUT2D eigenvalue weighted by molar-refractivity contribution is -0.123. The fourth-order valence-corrected chi connectivity index (χ4v) is 6.63. The van der Waals surface area contributed by atoms with E-state index in [-0.39, 0.29) is 0 Å². The van der Waals surface area contributed by atoms with Gasteiger partial charge in [-0.2, -0.15) is 0 Å². The lowest BCUT2D eigenvalue weighted by atomic mass is 9.80. The van der Waals surface area contributed by atoms with Crippen molar-refractivity contribution in [2.24, 2.45) is 41.4 Å². The van der Waals surface area contributed by atoms with Gasteiger partial charge >= 0.3 is 0 Å². The molecule has 6 unspecified atom stereocenters. The van der Waals surface area contributed by atoms with Gasteiger partial charge in [0.15, 0.2) is 0 Å². The molecule has 6 atom stereocenters. The molecular weight excluding hydrogens is 314 g/mol. The van der Waals surface area contributed by atoms with Crippen LogP contribution in [0.3, 0.4) is 0 Å². The Bertz CT molecular complexity index is 382. The van der Waals surface area contributed by atoms with Crippen LogP contribution in [0.2, 0.25) is 0 Å². The number of amides is 1. The van der Waals surface area contributed by atoms with Gasteiger partial charge in [0.1, 0.15) is 0 Å². The summed E-state index contributed by atoms with van der Waals surface area (Å²) in [6.45, 7) is 0.931. The average molecular weight is 340 g/mol. The third-order valence-electron chi connectivity index (χ3n) is 6.84. The molecule has 4 fully saturated rings. The van der Waals surface area contributed by atoms with Crippen molar-refractivity contribution in [1.82, 2.24) is 5.32 Å². The second kappa shape index (κ2) is 5.30. The van der Waals surface area contributed by atoms with Crippen molar-refractivity contribution in [1.29, 1.82) is 0 Å². The van der Waals surface area contributed by atoms with E-state index in [2.05, 4.69) is 21.2 Å². The molecule has 3 heteroatoms. The molecule has 20 heavy (non-hydrogen) atoms. The van der Waals surface area contributed by atoms with E-state index >= 15 is 0 Å². The number of hydrogen-bond acceptors (Lipinski definition) is 1. The number of fused-ring (bicyclic) bond motifs is 5. The average Bonchev–Trinajstić information content (AvgIpc) is 2.93. The second-order valence-electron chi connectivity index (χ2n) is 7.72. The molecular formula is C17H26BrNO. The summed E-state index contributed by atoms with van der Waals surface area (Å²) in [6.07, 6.45) is 9.62. The summed E-state index contributed by atoms with van der Waals surface area (Å²) in [6, 6.07) is 0. The Labute approximate surface area is 130 Å². The maximum atomic E-state index is 12.5. The van der Waals surface area contributed by atoms with Gasteiger partial charge in [0.25, 0.3) is 0 Å². The van der Waals surface area contributed by atoms with Crippen LogP contribution >= 0.6 is 15.9 Å². The lowest BCUT2D eigenvalue weighted by Crippen LogP contribution is -2.36. The predicted molar refractivity (Wildman–Crippen MR) is 83.6 cm³/mol. The molecule has 0 aliphatic heterocycles. The summed E-state index contributed by atoms with van der Waals surface area (Å²) in [5, 5.41) is 4.42. The van der Waals surface area contributed by atoms with Crippen LogP contribution in [-0.4, -0.2) is 17.8 Å². The molecule has 2 bridgehead atoms. The van der Waals surface area contributed by atoms with Crippen molar-refractivity contribution >= 4 is 21.8 Å². The first kappa shape index (κ1) is 13.6. The van der Waals surface area contributed by atoms with Crippen molar-refractivity contribution in [2.75, 3.05) is 11.9 Å². The van der Waals surface area contributed by atoms with E-state index in [9.17, 15) is 4.79 Å². The van der Waals surface area contributed by atoms with Gasteiger partial charge in [-0.05, 0) is 67.6 Å². The molecule has 0 aromatic heterocycles. The van der Waals surface area contributed by atoms with Crippen molar-refractivity contribution in [2.45, 2.75) is 44.9 Å². The summed E-state index contributed by atoms with van der Waals surface area (Å²) in [5.74, 6) is 5.68. The Morgan fingerprint density at radius 1 is 1.00 bits per heavy atom. The van der Waals surface area contributed by atoms with Gasteiger partial charge in [-0.15, -0.1) is 0 Å². The molecule has 4 saturated carbocycles. The second-order valence-corrected chi connectivity index (χ2v) is 8.37. The Hall–Kier alpha value is -0.0500. The summed E-state index contributed by atoms with van der Waals surface area (Å²) < 4.78 is 0.